The van der Waals surface area contributed by atoms with Crippen molar-refractivity contribution in [3.63, 3.8) is 0 Å². The van der Waals surface area contributed by atoms with Crippen LogP contribution in [0.25, 0.3) is 0 Å². The van der Waals surface area contributed by atoms with E-state index >= 15 is 0 Å². The number of nitrogens with one attached hydrogen (secondary N) is 1. The van der Waals surface area contributed by atoms with Crippen LogP contribution in [0.4, 0.5) is 4.79 Å². The molecule has 0 saturated carbocycles. The molecule has 0 aliphatic carbocycles. The van der Waals surface area contributed by atoms with Crippen LogP contribution in [-0.4, -0.2) is 24.8 Å². The van der Waals surface area contributed by atoms with Crippen molar-refractivity contribution in [2.75, 3.05) is 13.2 Å². The Labute approximate surface area is 115 Å². The van der Waals surface area contributed by atoms with Crippen molar-refractivity contribution in [2.24, 2.45) is 0 Å². The number of carbonyl (C=O) groups is 1. The summed E-state index contributed by atoms with van der Waals surface area (Å²) < 4.78 is 10.6. The summed E-state index contributed by atoms with van der Waals surface area (Å²) in [6.45, 7) is 7.51. The van der Waals surface area contributed by atoms with Gasteiger partial charge in [-0.15, -0.1) is 0 Å². The number of hydrogen-bond donors (Lipinski definition) is 1. The Morgan fingerprint density at radius 2 is 1.89 bits per heavy atom. The Morgan fingerprint density at radius 1 is 1.21 bits per heavy atom. The predicted octanol–water partition coefficient (Wildman–Crippen LogP) is 3.12. The van der Waals surface area contributed by atoms with Gasteiger partial charge in [-0.2, -0.15) is 0 Å². The van der Waals surface area contributed by atoms with Crippen LogP contribution in [0.3, 0.4) is 0 Å². The molecule has 0 aliphatic rings. The van der Waals surface area contributed by atoms with Gasteiger partial charge < -0.3 is 14.8 Å². The number of rotatable bonds is 6. The first kappa shape index (κ1) is 15.5. The first-order valence-electron chi connectivity index (χ1n) is 6.56. The van der Waals surface area contributed by atoms with Gasteiger partial charge in [-0.25, -0.2) is 4.79 Å². The lowest BCUT2D eigenvalue weighted by atomic mass is 10.2. The number of hydrogen-bond acceptors (Lipinski definition) is 3. The Morgan fingerprint density at radius 3 is 2.53 bits per heavy atom. The van der Waals surface area contributed by atoms with Gasteiger partial charge >= 0.3 is 6.09 Å². The highest BCUT2D eigenvalue weighted by molar-refractivity contribution is 5.67. The van der Waals surface area contributed by atoms with E-state index in [0.717, 1.165) is 12.0 Å². The Balaban J connectivity index is 2.06. The fraction of sp³-hybridized carbons (Fsp3) is 0.533. The summed E-state index contributed by atoms with van der Waals surface area (Å²) in [6, 6.07) is 9.61. The maximum absolute atomic E-state index is 11.4. The summed E-state index contributed by atoms with van der Waals surface area (Å²) >= 11 is 0. The average molecular weight is 265 g/mol. The van der Waals surface area contributed by atoms with Gasteiger partial charge in [-0.05, 0) is 32.8 Å². The summed E-state index contributed by atoms with van der Waals surface area (Å²) in [5.74, 6) is 0. The molecular formula is C15H23NO3. The van der Waals surface area contributed by atoms with Crippen molar-refractivity contribution < 1.29 is 14.3 Å². The van der Waals surface area contributed by atoms with Crippen LogP contribution in [0, 0.1) is 0 Å². The fourth-order valence-electron chi connectivity index (χ4n) is 1.42. The molecule has 0 saturated heterocycles. The third kappa shape index (κ3) is 8.21. The SMILES string of the molecule is CC(C)(C)OCCCNC(=O)OCc1ccccc1. The van der Waals surface area contributed by atoms with E-state index < -0.39 is 0 Å². The Bertz CT molecular complexity index is 371. The van der Waals surface area contributed by atoms with Crippen molar-refractivity contribution in [1.82, 2.24) is 5.32 Å². The minimum Gasteiger partial charge on any atom is -0.445 e. The van der Waals surface area contributed by atoms with Crippen molar-refractivity contribution in [3.05, 3.63) is 35.9 Å². The Hall–Kier alpha value is -1.55. The molecule has 1 amide bonds. The second kappa shape index (κ2) is 7.79. The lowest BCUT2D eigenvalue weighted by Gasteiger charge is -2.19. The molecule has 0 heterocycles. The first-order valence-corrected chi connectivity index (χ1v) is 6.56. The highest BCUT2D eigenvalue weighted by Crippen LogP contribution is 2.06. The largest absolute Gasteiger partial charge is 0.445 e. The molecule has 0 spiro atoms. The molecule has 1 N–H and O–H groups in total. The van der Waals surface area contributed by atoms with E-state index in [2.05, 4.69) is 5.32 Å². The number of amides is 1. The molecule has 1 aromatic carbocycles. The molecule has 4 nitrogen and oxygen atoms in total. The second-order valence-corrected chi connectivity index (χ2v) is 5.30. The van der Waals surface area contributed by atoms with Crippen LogP contribution in [-0.2, 0) is 16.1 Å². The highest BCUT2D eigenvalue weighted by atomic mass is 16.5. The molecule has 0 unspecified atom stereocenters. The third-order valence-electron chi connectivity index (χ3n) is 2.34. The van der Waals surface area contributed by atoms with E-state index in [9.17, 15) is 4.79 Å². The molecule has 19 heavy (non-hydrogen) atoms. The van der Waals surface area contributed by atoms with Gasteiger partial charge in [0.1, 0.15) is 6.61 Å². The molecule has 4 heteroatoms. The van der Waals surface area contributed by atoms with E-state index in [1.807, 2.05) is 51.1 Å². The van der Waals surface area contributed by atoms with E-state index in [1.165, 1.54) is 0 Å². The van der Waals surface area contributed by atoms with Crippen molar-refractivity contribution in [3.8, 4) is 0 Å². The van der Waals surface area contributed by atoms with E-state index in [-0.39, 0.29) is 11.7 Å². The molecular weight excluding hydrogens is 242 g/mol. The van der Waals surface area contributed by atoms with Gasteiger partial charge in [0.15, 0.2) is 0 Å². The van der Waals surface area contributed by atoms with Gasteiger partial charge in [-0.1, -0.05) is 30.3 Å². The molecule has 0 atom stereocenters. The lowest BCUT2D eigenvalue weighted by molar-refractivity contribution is -0.00374. The second-order valence-electron chi connectivity index (χ2n) is 5.30. The zero-order chi connectivity index (χ0) is 14.1. The van der Waals surface area contributed by atoms with Crippen LogP contribution in [0.1, 0.15) is 32.8 Å². The lowest BCUT2D eigenvalue weighted by Crippen LogP contribution is -2.27. The Kier molecular flexibility index (Phi) is 6.36. The molecule has 0 fully saturated rings. The zero-order valence-electron chi connectivity index (χ0n) is 11.9. The van der Waals surface area contributed by atoms with Crippen LogP contribution >= 0.6 is 0 Å². The van der Waals surface area contributed by atoms with Crippen LogP contribution < -0.4 is 5.32 Å². The van der Waals surface area contributed by atoms with Gasteiger partial charge in [0, 0.05) is 13.2 Å². The molecule has 0 aromatic heterocycles. The number of alkyl carbamates (subject to hydrolysis) is 1. The van der Waals surface area contributed by atoms with E-state index in [1.54, 1.807) is 0 Å². The maximum atomic E-state index is 11.4. The van der Waals surface area contributed by atoms with Gasteiger partial charge in [-0.3, -0.25) is 0 Å². The number of ether oxygens (including phenoxy) is 2. The molecule has 106 valence electrons. The van der Waals surface area contributed by atoms with Crippen LogP contribution in [0.5, 0.6) is 0 Å². The standard InChI is InChI=1S/C15H23NO3/c1-15(2,3)19-11-7-10-16-14(17)18-12-13-8-5-4-6-9-13/h4-6,8-9H,7,10-12H2,1-3H3,(H,16,17). The van der Waals surface area contributed by atoms with Gasteiger partial charge in [0.05, 0.1) is 5.60 Å². The van der Waals surface area contributed by atoms with Crippen molar-refractivity contribution >= 4 is 6.09 Å². The fourth-order valence-corrected chi connectivity index (χ4v) is 1.42. The zero-order valence-corrected chi connectivity index (χ0v) is 11.9. The van der Waals surface area contributed by atoms with E-state index in [4.69, 9.17) is 9.47 Å². The van der Waals surface area contributed by atoms with Crippen LogP contribution in [0.15, 0.2) is 30.3 Å². The molecule has 0 radical (unpaired) electrons. The van der Waals surface area contributed by atoms with Gasteiger partial charge in [0.2, 0.25) is 0 Å². The third-order valence-corrected chi connectivity index (χ3v) is 2.34. The monoisotopic (exact) mass is 265 g/mol. The summed E-state index contributed by atoms with van der Waals surface area (Å²) in [5, 5.41) is 2.70. The molecule has 1 aromatic rings. The summed E-state index contributed by atoms with van der Waals surface area (Å²) in [7, 11) is 0. The quantitative estimate of drug-likeness (QED) is 0.804. The topological polar surface area (TPSA) is 47.6 Å². The summed E-state index contributed by atoms with van der Waals surface area (Å²) in [6.07, 6.45) is 0.386. The molecule has 0 aliphatic heterocycles. The normalized spacial score (nSPS) is 11.1. The van der Waals surface area contributed by atoms with Crippen LogP contribution in [0.2, 0.25) is 0 Å². The van der Waals surface area contributed by atoms with Crippen molar-refractivity contribution in [1.29, 1.82) is 0 Å². The number of carbonyl (C=O) groups excluding carboxylic acids is 1. The summed E-state index contributed by atoms with van der Waals surface area (Å²) in [4.78, 5) is 11.4. The number of benzene rings is 1. The summed E-state index contributed by atoms with van der Waals surface area (Å²) in [5.41, 5.74) is 0.849. The van der Waals surface area contributed by atoms with Crippen molar-refractivity contribution in [2.45, 2.75) is 39.4 Å². The first-order chi connectivity index (χ1) is 8.97. The molecule has 1 rings (SSSR count). The average Bonchev–Trinajstić information content (AvgIpc) is 2.36. The minimum absolute atomic E-state index is 0.131. The van der Waals surface area contributed by atoms with E-state index in [0.29, 0.717) is 19.8 Å². The highest BCUT2D eigenvalue weighted by Gasteiger charge is 2.09. The minimum atomic E-state index is -0.389. The predicted molar refractivity (Wildman–Crippen MR) is 75.0 cm³/mol. The molecule has 0 bridgehead atoms. The maximum Gasteiger partial charge on any atom is 0.407 e. The van der Waals surface area contributed by atoms with Gasteiger partial charge in [0.25, 0.3) is 0 Å². The smallest absolute Gasteiger partial charge is 0.407 e.